The lowest BCUT2D eigenvalue weighted by molar-refractivity contribution is -0.150. The molecule has 0 aromatic rings. The molecule has 4 saturated carbocycles. The van der Waals surface area contributed by atoms with E-state index in [-0.39, 0.29) is 89.8 Å². The van der Waals surface area contributed by atoms with Crippen molar-refractivity contribution in [1.82, 2.24) is 56.8 Å². The number of hydrogen-bond acceptors (Lipinski definition) is 21. The SMILES string of the molecule is CCOC(=O)N[C@H](CC1CCCCCC1)C(=O)N1CCC[C@H]1C(=O)N[C@H](C=O)CCCN=C(N)N.CN[C@@H](C(=O)N1CC[C@H]1C(=O)N[C@H](C=O)CCCN=C(N)N)C1CCCCC1.CN[C@H](CC1CCCCCC1)C(=O)N1CCC[C@H]1C(=O)N[C@H](C=O)CCCN=C(N)N.NC(N)=NCCC[C@@H](C=O)NC(=O)[C@@H]1CCCN1C(=O)[C@H](O)CC1CCCCCC1. The van der Waals surface area contributed by atoms with Crippen molar-refractivity contribution in [1.29, 1.82) is 0 Å². The van der Waals surface area contributed by atoms with Gasteiger partial charge in [0.15, 0.2) is 23.8 Å². The maximum atomic E-state index is 13.6. The van der Waals surface area contributed by atoms with E-state index in [1.807, 2.05) is 14.1 Å². The molecule has 0 spiro atoms. The van der Waals surface area contributed by atoms with Crippen LogP contribution in [0.4, 0.5) is 4.79 Å². The van der Waals surface area contributed by atoms with Gasteiger partial charge in [-0.15, -0.1) is 0 Å². The third-order valence-corrected chi connectivity index (χ3v) is 25.1. The van der Waals surface area contributed by atoms with Crippen molar-refractivity contribution in [2.24, 2.45) is 89.5 Å². The van der Waals surface area contributed by atoms with Crippen LogP contribution in [0, 0.1) is 23.7 Å². The number of carbonyl (C=O) groups excluding carboxylic acids is 13. The Morgan fingerprint density at radius 3 is 0.968 bits per heavy atom. The monoisotopic (exact) mass is 1750 g/mol. The van der Waals surface area contributed by atoms with Crippen LogP contribution in [0.2, 0.25) is 0 Å². The highest BCUT2D eigenvalue weighted by atomic mass is 16.5. The quantitative estimate of drug-likeness (QED) is 0.0136. The summed E-state index contributed by atoms with van der Waals surface area (Å²) in [5.74, 6) is -0.292. The minimum atomic E-state index is -1.07. The Labute approximate surface area is 733 Å². The van der Waals surface area contributed by atoms with Crippen molar-refractivity contribution >= 4 is 102 Å². The van der Waals surface area contributed by atoms with Crippen LogP contribution in [0.3, 0.4) is 0 Å². The van der Waals surface area contributed by atoms with Gasteiger partial charge in [0, 0.05) is 52.4 Å². The second kappa shape index (κ2) is 59.5. The molecular weight excluding hydrogens is 1600 g/mol. The highest BCUT2D eigenvalue weighted by Gasteiger charge is 2.45. The standard InChI is InChI=1S/C24H42N6O5.C22H40N6O3.C21H37N5O4.C19H34N6O3/c1-2-35-24(34)29-19(15-17-9-5-3-4-6-10-17)22(33)30-14-8-12-20(30)21(32)28-18(16-31)11-7-13-27-23(25)26;1-25-18(14-16-8-4-2-3-5-9-16)21(31)28-13-7-11-19(28)20(30)27-17(15-29)10-6-12-26-22(23)24;22-21(23)24-11-5-9-16(14-27)25-19(29)17-10-6-12-26(17)20(30)18(28)13-15-7-3-1-2-4-8-15;1-22-16(13-6-3-2-4-7-13)18(28)25-11-9-15(25)17(27)24-14(12-26)8-5-10-23-19(20)21/h16-20H,2-15H2,1H3,(H,28,32)(H,29,34)(H4,25,26,27);15-19,25H,2-14H2,1H3,(H,27,30)(H4,23,24,26);14-18,28H,1-13H2,(H,25,29)(H4,22,23,24);12-16,22H,2-11H2,1H3,(H,24,27)(H4,20,21,23)/t18-,19+,20-;17-,18+,19-;16-,17-,18+;14-,15-,16+/m0000/s1. The molecule has 38 heteroatoms. The third-order valence-electron chi connectivity index (χ3n) is 25.1. The van der Waals surface area contributed by atoms with Gasteiger partial charge in [-0.2, -0.15) is 0 Å². The highest BCUT2D eigenvalue weighted by Crippen LogP contribution is 2.34. The maximum Gasteiger partial charge on any atom is 0.407 e. The number of aldehydes is 4. The van der Waals surface area contributed by atoms with Crippen molar-refractivity contribution in [3.63, 3.8) is 0 Å². The number of hydrogen-bond donors (Lipinski definition) is 16. The molecule has 124 heavy (non-hydrogen) atoms. The molecule has 4 saturated heterocycles. The Balaban J connectivity index is 0.000000294. The van der Waals surface area contributed by atoms with Crippen LogP contribution in [0.5, 0.6) is 0 Å². The summed E-state index contributed by atoms with van der Waals surface area (Å²) in [6.45, 7) is 5.51. The third kappa shape index (κ3) is 38.2. The van der Waals surface area contributed by atoms with Crippen LogP contribution in [0.25, 0.3) is 0 Å². The number of nitrogens with two attached hydrogens (primary N) is 8. The Kier molecular flexibility index (Phi) is 50.5. The molecule has 0 unspecified atom stereocenters. The van der Waals surface area contributed by atoms with E-state index < -0.39 is 66.6 Å². The summed E-state index contributed by atoms with van der Waals surface area (Å²) in [7, 11) is 3.63. The molecule has 24 N–H and O–H groups in total. The number of aliphatic imine (C=N–C) groups is 4. The first-order valence-electron chi connectivity index (χ1n) is 46.1. The first kappa shape index (κ1) is 105. The lowest BCUT2D eigenvalue weighted by Crippen LogP contribution is -2.63. The van der Waals surface area contributed by atoms with E-state index in [9.17, 15) is 67.4 Å². The smallest absolute Gasteiger partial charge is 0.407 e. The summed E-state index contributed by atoms with van der Waals surface area (Å²) in [5.41, 5.74) is 42.3. The number of aliphatic hydroxyl groups is 1. The zero-order valence-corrected chi connectivity index (χ0v) is 74.3. The normalized spacial score (nSPS) is 21.4. The molecule has 0 radical (unpaired) electrons. The Bertz CT molecular complexity index is 3380. The second-order valence-corrected chi connectivity index (χ2v) is 34.4. The van der Waals surface area contributed by atoms with Crippen LogP contribution >= 0.6 is 0 Å². The summed E-state index contributed by atoms with van der Waals surface area (Å²) < 4.78 is 5.04. The van der Waals surface area contributed by atoms with Gasteiger partial charge < -0.3 is 132 Å². The second-order valence-electron chi connectivity index (χ2n) is 34.4. The van der Waals surface area contributed by atoms with Gasteiger partial charge in [-0.05, 0) is 173 Å². The van der Waals surface area contributed by atoms with Crippen molar-refractivity contribution < 1.29 is 72.2 Å². The summed E-state index contributed by atoms with van der Waals surface area (Å²) in [6.07, 6.45) is 37.9. The van der Waals surface area contributed by atoms with E-state index in [1.165, 1.54) is 75.5 Å². The van der Waals surface area contributed by atoms with E-state index >= 15 is 0 Å². The van der Waals surface area contributed by atoms with Gasteiger partial charge in [-0.3, -0.25) is 58.3 Å². The molecule has 0 aromatic heterocycles. The first-order valence-corrected chi connectivity index (χ1v) is 46.1. The molecule has 8 rings (SSSR count). The summed E-state index contributed by atoms with van der Waals surface area (Å²) >= 11 is 0. The number of amides is 9. The lowest BCUT2D eigenvalue weighted by Gasteiger charge is -2.43. The van der Waals surface area contributed by atoms with Crippen LogP contribution < -0.4 is 83.1 Å². The number of guanidine groups is 4. The highest BCUT2D eigenvalue weighted by molar-refractivity contribution is 5.95. The zero-order chi connectivity index (χ0) is 90.7. The van der Waals surface area contributed by atoms with Crippen molar-refractivity contribution in [3.8, 4) is 0 Å². The number of carbonyl (C=O) groups is 13. The molecule has 38 nitrogen and oxygen atoms in total. The summed E-state index contributed by atoms with van der Waals surface area (Å²) in [5, 5.41) is 30.6. The van der Waals surface area contributed by atoms with E-state index in [2.05, 4.69) is 57.2 Å². The van der Waals surface area contributed by atoms with E-state index in [0.717, 1.165) is 102 Å². The molecule has 9 amide bonds. The molecule has 0 bridgehead atoms. The van der Waals surface area contributed by atoms with Crippen LogP contribution in [0.15, 0.2) is 20.0 Å². The van der Waals surface area contributed by atoms with Gasteiger partial charge in [-0.25, -0.2) is 4.79 Å². The van der Waals surface area contributed by atoms with Gasteiger partial charge in [0.2, 0.25) is 41.4 Å². The molecule has 702 valence electrons. The number of aliphatic hydroxyl groups excluding tert-OH is 1. The minimum Gasteiger partial charge on any atom is -0.450 e. The summed E-state index contributed by atoms with van der Waals surface area (Å²) in [4.78, 5) is 183. The van der Waals surface area contributed by atoms with Crippen molar-refractivity contribution in [3.05, 3.63) is 0 Å². The predicted molar refractivity (Wildman–Crippen MR) is 476 cm³/mol. The Morgan fingerprint density at radius 1 is 0.363 bits per heavy atom. The number of rotatable bonds is 43. The zero-order valence-electron chi connectivity index (χ0n) is 74.3. The van der Waals surface area contributed by atoms with E-state index in [4.69, 9.17) is 50.6 Å². The molecule has 4 heterocycles. The molecule has 0 aromatic carbocycles. The fourth-order valence-electron chi connectivity index (χ4n) is 18.3. The Morgan fingerprint density at radius 2 is 0.661 bits per heavy atom. The van der Waals surface area contributed by atoms with E-state index in [0.29, 0.717) is 191 Å². The first-order chi connectivity index (χ1) is 59.7. The largest absolute Gasteiger partial charge is 0.450 e. The van der Waals surface area contributed by atoms with Gasteiger partial charge in [0.05, 0.1) is 42.9 Å². The number of alkyl carbamates (subject to hydrolysis) is 1. The van der Waals surface area contributed by atoms with Crippen LogP contribution in [-0.2, 0) is 62.3 Å². The predicted octanol–water partition coefficient (Wildman–Crippen LogP) is 1.78. The van der Waals surface area contributed by atoms with Crippen molar-refractivity contribution in [2.75, 3.05) is 73.1 Å². The fourth-order valence-corrected chi connectivity index (χ4v) is 18.3. The van der Waals surface area contributed by atoms with Gasteiger partial charge in [0.25, 0.3) is 5.91 Å². The fraction of sp³-hybridized carbons (Fsp3) is 0.802. The number of nitrogens with one attached hydrogen (secondary N) is 7. The molecule has 12 atom stereocenters. The number of likely N-dealkylation sites (tertiary alicyclic amines) is 4. The topological polar surface area (TPSA) is 606 Å². The van der Waals surface area contributed by atoms with E-state index in [1.54, 1.807) is 21.6 Å². The minimum absolute atomic E-state index is 0.000178. The molecule has 4 aliphatic heterocycles. The summed E-state index contributed by atoms with van der Waals surface area (Å²) in [6, 6.07) is -6.12. The van der Waals surface area contributed by atoms with Gasteiger partial charge in [-0.1, -0.05) is 135 Å². The van der Waals surface area contributed by atoms with Crippen LogP contribution in [0.1, 0.15) is 270 Å². The molecule has 8 fully saturated rings. The number of likely N-dealkylation sites (N-methyl/N-ethyl adjacent to an activating group) is 2. The van der Waals surface area contributed by atoms with Crippen molar-refractivity contribution in [2.45, 2.75) is 343 Å². The van der Waals surface area contributed by atoms with Crippen LogP contribution in [-0.4, -0.2) is 273 Å². The molecule has 4 aliphatic carbocycles. The average Bonchev–Trinajstić information content (AvgIpc) is 0.887. The molecular formula is C86H153N23O15. The Hall–Kier alpha value is -9.33. The maximum absolute atomic E-state index is 13.6. The average molecular weight is 1750 g/mol. The van der Waals surface area contributed by atoms with Gasteiger partial charge in [0.1, 0.15) is 61.5 Å². The molecule has 8 aliphatic rings. The van der Waals surface area contributed by atoms with Gasteiger partial charge >= 0.3 is 6.09 Å². The lowest BCUT2D eigenvalue weighted by atomic mass is 9.82. The number of ether oxygens (including phenoxy) is 1. The number of nitrogens with zero attached hydrogens (tertiary/aromatic N) is 8.